The van der Waals surface area contributed by atoms with Gasteiger partial charge in [-0.2, -0.15) is 5.26 Å². The molecule has 6 nitrogen and oxygen atoms in total. The largest absolute Gasteiger partial charge is 0.468 e. The van der Waals surface area contributed by atoms with Gasteiger partial charge in [0.15, 0.2) is 0 Å². The van der Waals surface area contributed by atoms with Gasteiger partial charge in [-0.25, -0.2) is 9.97 Å². The highest BCUT2D eigenvalue weighted by Crippen LogP contribution is 2.09. The van der Waals surface area contributed by atoms with Crippen molar-refractivity contribution in [2.75, 3.05) is 25.1 Å². The predicted molar refractivity (Wildman–Crippen MR) is 61.4 cm³/mol. The normalized spacial score (nSPS) is 9.53. The van der Waals surface area contributed by atoms with E-state index in [0.717, 1.165) is 0 Å². The quantitative estimate of drug-likeness (QED) is 0.712. The molecule has 6 heteroatoms. The molecular weight excluding hydrogens is 220 g/mol. The van der Waals surface area contributed by atoms with Gasteiger partial charge in [-0.15, -0.1) is 0 Å². The third kappa shape index (κ3) is 3.41. The molecule has 0 N–H and O–H groups in total. The second-order valence-electron chi connectivity index (χ2n) is 3.40. The highest BCUT2D eigenvalue weighted by Gasteiger charge is 2.13. The summed E-state index contributed by atoms with van der Waals surface area (Å²) in [5.74, 6) is 0.00455. The number of likely N-dealkylation sites (N-methyl/N-ethyl adjacent to an activating group) is 1. The molecule has 0 aliphatic carbocycles. The van der Waals surface area contributed by atoms with E-state index in [-0.39, 0.29) is 18.2 Å². The number of anilines is 1. The van der Waals surface area contributed by atoms with Gasteiger partial charge in [0.2, 0.25) is 5.95 Å². The van der Waals surface area contributed by atoms with E-state index in [1.54, 1.807) is 17.9 Å². The van der Waals surface area contributed by atoms with Gasteiger partial charge in [0.25, 0.3) is 0 Å². The van der Waals surface area contributed by atoms with E-state index in [1.165, 1.54) is 7.11 Å². The lowest BCUT2D eigenvalue weighted by Crippen LogP contribution is -2.32. The van der Waals surface area contributed by atoms with E-state index in [0.29, 0.717) is 18.2 Å². The van der Waals surface area contributed by atoms with Crippen LogP contribution in [0.5, 0.6) is 0 Å². The Bertz CT molecular complexity index is 453. The average Bonchev–Trinajstić information content (AvgIpc) is 2.34. The lowest BCUT2D eigenvalue weighted by Gasteiger charge is -2.19. The number of methoxy groups -OCH3 is 1. The topological polar surface area (TPSA) is 79.1 Å². The Morgan fingerprint density at radius 1 is 1.59 bits per heavy atom. The molecule has 0 spiro atoms. The highest BCUT2D eigenvalue weighted by molar-refractivity contribution is 5.74. The number of aryl methyl sites for hydroxylation is 1. The summed E-state index contributed by atoms with van der Waals surface area (Å²) in [4.78, 5) is 21.1. The molecule has 1 rings (SSSR count). The van der Waals surface area contributed by atoms with Crippen LogP contribution in [0.1, 0.15) is 18.3 Å². The average molecular weight is 234 g/mol. The molecule has 0 aliphatic heterocycles. The maximum atomic E-state index is 11.2. The van der Waals surface area contributed by atoms with Crippen LogP contribution in [0.2, 0.25) is 0 Å². The lowest BCUT2D eigenvalue weighted by molar-refractivity contribution is -0.138. The number of aromatic nitrogens is 2. The number of hydrogen-bond donors (Lipinski definition) is 0. The third-order valence-corrected chi connectivity index (χ3v) is 2.17. The van der Waals surface area contributed by atoms with E-state index in [4.69, 9.17) is 5.26 Å². The minimum atomic E-state index is -0.365. The second-order valence-corrected chi connectivity index (χ2v) is 3.40. The summed E-state index contributed by atoms with van der Waals surface area (Å²) in [5, 5.41) is 8.82. The zero-order valence-corrected chi connectivity index (χ0v) is 10.1. The summed E-state index contributed by atoms with van der Waals surface area (Å²) >= 11 is 0. The molecule has 0 bridgehead atoms. The van der Waals surface area contributed by atoms with Crippen molar-refractivity contribution in [3.8, 4) is 6.07 Å². The molecule has 1 heterocycles. The summed E-state index contributed by atoms with van der Waals surface area (Å²) in [5.41, 5.74) is 0.977. The molecule has 0 aromatic carbocycles. The van der Waals surface area contributed by atoms with Crippen molar-refractivity contribution in [1.29, 1.82) is 5.26 Å². The zero-order valence-electron chi connectivity index (χ0n) is 10.1. The summed E-state index contributed by atoms with van der Waals surface area (Å²) < 4.78 is 4.59. The fraction of sp³-hybridized carbons (Fsp3) is 0.455. The van der Waals surface area contributed by atoms with Crippen LogP contribution in [0, 0.1) is 18.3 Å². The Morgan fingerprint density at radius 3 is 2.82 bits per heavy atom. The Hall–Kier alpha value is -2.16. The summed E-state index contributed by atoms with van der Waals surface area (Å²) in [6, 6.07) is 3.55. The second kappa shape index (κ2) is 5.80. The van der Waals surface area contributed by atoms with Crippen LogP contribution in [0.15, 0.2) is 6.07 Å². The molecule has 0 amide bonds. The first-order valence-corrected chi connectivity index (χ1v) is 5.18. The monoisotopic (exact) mass is 234 g/mol. The Morgan fingerprint density at radius 2 is 2.29 bits per heavy atom. The maximum absolute atomic E-state index is 11.2. The summed E-state index contributed by atoms with van der Waals surface area (Å²) in [6.07, 6.45) is 0. The third-order valence-electron chi connectivity index (χ3n) is 2.17. The molecule has 0 radical (unpaired) electrons. The van der Waals surface area contributed by atoms with Crippen LogP contribution in [-0.4, -0.2) is 36.1 Å². The molecule has 0 aliphatic rings. The van der Waals surface area contributed by atoms with Crippen molar-refractivity contribution >= 4 is 11.9 Å². The van der Waals surface area contributed by atoms with Gasteiger partial charge in [0, 0.05) is 12.2 Å². The number of rotatable bonds is 4. The molecule has 17 heavy (non-hydrogen) atoms. The molecule has 0 fully saturated rings. The summed E-state index contributed by atoms with van der Waals surface area (Å²) in [6.45, 7) is 4.28. The first kappa shape index (κ1) is 12.9. The van der Waals surface area contributed by atoms with Crippen LogP contribution < -0.4 is 4.90 Å². The molecular formula is C11H14N4O2. The predicted octanol–water partition coefficient (Wildman–Crippen LogP) is 0.656. The van der Waals surface area contributed by atoms with Gasteiger partial charge < -0.3 is 9.64 Å². The molecule has 0 unspecified atom stereocenters. The van der Waals surface area contributed by atoms with Crippen molar-refractivity contribution in [2.45, 2.75) is 13.8 Å². The molecule has 0 saturated carbocycles. The first-order chi connectivity index (χ1) is 8.10. The van der Waals surface area contributed by atoms with Crippen molar-refractivity contribution < 1.29 is 9.53 Å². The fourth-order valence-electron chi connectivity index (χ4n) is 1.30. The van der Waals surface area contributed by atoms with Crippen molar-refractivity contribution in [3.05, 3.63) is 17.5 Å². The van der Waals surface area contributed by atoms with Gasteiger partial charge >= 0.3 is 5.97 Å². The van der Waals surface area contributed by atoms with Crippen molar-refractivity contribution in [2.24, 2.45) is 0 Å². The van der Waals surface area contributed by atoms with Gasteiger partial charge in [-0.3, -0.25) is 4.79 Å². The Labute approximate surface area is 99.9 Å². The highest BCUT2D eigenvalue weighted by atomic mass is 16.5. The zero-order chi connectivity index (χ0) is 12.8. The van der Waals surface area contributed by atoms with E-state index in [9.17, 15) is 4.79 Å². The lowest BCUT2D eigenvalue weighted by atomic mass is 10.3. The molecule has 90 valence electrons. The van der Waals surface area contributed by atoms with E-state index in [1.807, 2.05) is 13.0 Å². The van der Waals surface area contributed by atoms with Crippen molar-refractivity contribution in [1.82, 2.24) is 9.97 Å². The first-order valence-electron chi connectivity index (χ1n) is 5.18. The number of nitrogens with zero attached hydrogens (tertiary/aromatic N) is 4. The van der Waals surface area contributed by atoms with Gasteiger partial charge in [-0.1, -0.05) is 0 Å². The van der Waals surface area contributed by atoms with Crippen LogP contribution in [0.25, 0.3) is 0 Å². The smallest absolute Gasteiger partial charge is 0.325 e. The van der Waals surface area contributed by atoms with Crippen LogP contribution in [0.4, 0.5) is 5.95 Å². The van der Waals surface area contributed by atoms with Crippen LogP contribution >= 0.6 is 0 Å². The minimum absolute atomic E-state index is 0.0708. The van der Waals surface area contributed by atoms with Crippen molar-refractivity contribution in [3.63, 3.8) is 0 Å². The number of hydrogen-bond acceptors (Lipinski definition) is 6. The van der Waals surface area contributed by atoms with Gasteiger partial charge in [0.1, 0.15) is 18.3 Å². The Balaban J connectivity index is 2.99. The summed E-state index contributed by atoms with van der Waals surface area (Å²) in [7, 11) is 1.33. The molecule has 1 aromatic heterocycles. The molecule has 0 saturated heterocycles. The number of nitriles is 1. The van der Waals surface area contributed by atoms with Gasteiger partial charge in [-0.05, 0) is 19.9 Å². The van der Waals surface area contributed by atoms with Crippen LogP contribution in [0.3, 0.4) is 0 Å². The number of carbonyl (C=O) groups is 1. The fourth-order valence-corrected chi connectivity index (χ4v) is 1.30. The molecule has 0 atom stereocenters. The molecule has 1 aromatic rings. The maximum Gasteiger partial charge on any atom is 0.325 e. The van der Waals surface area contributed by atoms with Gasteiger partial charge in [0.05, 0.1) is 7.11 Å². The standard InChI is InChI=1S/C11H14N4O2/c1-4-15(7-10(16)17-3)11-13-8(2)5-9(6-12)14-11/h5H,4,7H2,1-3H3. The number of carbonyl (C=O) groups excluding carboxylic acids is 1. The van der Waals surface area contributed by atoms with Crippen LogP contribution in [-0.2, 0) is 9.53 Å². The van der Waals surface area contributed by atoms with E-state index < -0.39 is 0 Å². The number of ether oxygens (including phenoxy) is 1. The minimum Gasteiger partial charge on any atom is -0.468 e. The van der Waals surface area contributed by atoms with E-state index >= 15 is 0 Å². The van der Waals surface area contributed by atoms with E-state index in [2.05, 4.69) is 14.7 Å². The SMILES string of the molecule is CCN(CC(=O)OC)c1nc(C)cc(C#N)n1. The Kier molecular flexibility index (Phi) is 4.40. The number of esters is 1.